The Bertz CT molecular complexity index is 978. The number of carbonyl (C=O) groups excluding carboxylic acids is 2. The summed E-state index contributed by atoms with van der Waals surface area (Å²) in [5.41, 5.74) is -6.12. The number of imide groups is 1. The van der Waals surface area contributed by atoms with E-state index < -0.39 is 32.5 Å². The topological polar surface area (TPSA) is 80.8 Å². The Kier molecular flexibility index (Phi) is 3.62. The average molecular weight is 377 g/mol. The maximum absolute atomic E-state index is 12.4. The second kappa shape index (κ2) is 5.19. The van der Waals surface area contributed by atoms with Gasteiger partial charge in [0.15, 0.2) is 0 Å². The van der Waals surface area contributed by atoms with Crippen molar-refractivity contribution in [2.24, 2.45) is 0 Å². The lowest BCUT2D eigenvalue weighted by Crippen LogP contribution is -2.44. The van der Waals surface area contributed by atoms with Gasteiger partial charge in [0.05, 0.1) is 11.1 Å². The summed E-state index contributed by atoms with van der Waals surface area (Å²) in [4.78, 5) is 24.9. The highest BCUT2D eigenvalue weighted by molar-refractivity contribution is 7.87. The van der Waals surface area contributed by atoms with E-state index >= 15 is 0 Å². The summed E-state index contributed by atoms with van der Waals surface area (Å²) in [5, 5.41) is 0.190. The molecule has 6 nitrogen and oxygen atoms in total. The van der Waals surface area contributed by atoms with Gasteiger partial charge in [0.2, 0.25) is 0 Å². The van der Waals surface area contributed by atoms with E-state index in [1.54, 1.807) is 6.07 Å². The number of hydroxylamine groups is 2. The highest BCUT2D eigenvalue weighted by Crippen LogP contribution is 2.35. The third-order valence-corrected chi connectivity index (χ3v) is 4.61. The predicted octanol–water partition coefficient (Wildman–Crippen LogP) is 2.51. The zero-order valence-electron chi connectivity index (χ0n) is 11.4. The molecule has 2 aromatic carbocycles. The van der Waals surface area contributed by atoms with Crippen molar-refractivity contribution in [2.75, 3.05) is 0 Å². The molecule has 0 spiro atoms. The largest absolute Gasteiger partial charge is 0.525 e. The minimum Gasteiger partial charge on any atom is -0.266 e. The summed E-state index contributed by atoms with van der Waals surface area (Å²) >= 11 is 4.18. The fraction of sp³-hybridized carbons (Fsp3) is 0.0769. The summed E-state index contributed by atoms with van der Waals surface area (Å²) in [6.45, 7) is 0. The molecule has 0 unspecified atom stereocenters. The van der Waals surface area contributed by atoms with E-state index in [4.69, 9.17) is 0 Å². The van der Waals surface area contributed by atoms with Gasteiger partial charge in [-0.1, -0.05) is 12.1 Å². The summed E-state index contributed by atoms with van der Waals surface area (Å²) in [6.07, 6.45) is 0. The molecule has 1 aliphatic heterocycles. The zero-order valence-corrected chi connectivity index (χ0v) is 13.1. The van der Waals surface area contributed by atoms with E-state index in [0.29, 0.717) is 10.3 Å². The van der Waals surface area contributed by atoms with Crippen LogP contribution in [0.5, 0.6) is 0 Å². The Morgan fingerprint density at radius 2 is 1.58 bits per heavy atom. The second-order valence-corrected chi connectivity index (χ2v) is 6.74. The summed E-state index contributed by atoms with van der Waals surface area (Å²) in [5.74, 6) is -2.63. The fourth-order valence-corrected chi connectivity index (χ4v) is 2.94. The molecule has 0 saturated carbocycles. The number of hydrogen-bond donors (Lipinski definition) is 1. The number of nitrogens with zero attached hydrogens (tertiary/aromatic N) is 1. The predicted molar refractivity (Wildman–Crippen MR) is 77.8 cm³/mol. The molecule has 0 bridgehead atoms. The number of thiol groups is 1. The van der Waals surface area contributed by atoms with Crippen molar-refractivity contribution in [2.45, 2.75) is 10.4 Å². The maximum atomic E-state index is 12.4. The first kappa shape index (κ1) is 16.7. The highest BCUT2D eigenvalue weighted by Gasteiger charge is 2.51. The molecular weight excluding hydrogens is 371 g/mol. The van der Waals surface area contributed by atoms with Crippen molar-refractivity contribution < 1.29 is 35.5 Å². The van der Waals surface area contributed by atoms with E-state index in [1.165, 1.54) is 24.3 Å². The molecule has 0 radical (unpaired) electrons. The molecule has 11 heteroatoms. The minimum absolute atomic E-state index is 0.171. The minimum atomic E-state index is -6.17. The smallest absolute Gasteiger partial charge is 0.266 e. The first-order valence-electron chi connectivity index (χ1n) is 6.19. The summed E-state index contributed by atoms with van der Waals surface area (Å²) in [6, 6.07) is 6.85. The Morgan fingerprint density at radius 3 is 2.17 bits per heavy atom. The van der Waals surface area contributed by atoms with Gasteiger partial charge >= 0.3 is 15.6 Å². The van der Waals surface area contributed by atoms with E-state index in [1.807, 2.05) is 0 Å². The van der Waals surface area contributed by atoms with Gasteiger partial charge in [-0.25, -0.2) is 0 Å². The van der Waals surface area contributed by atoms with Crippen LogP contribution >= 0.6 is 12.6 Å². The van der Waals surface area contributed by atoms with Gasteiger partial charge in [0.1, 0.15) is 0 Å². The first-order valence-corrected chi connectivity index (χ1v) is 8.04. The van der Waals surface area contributed by atoms with Crippen molar-refractivity contribution >= 4 is 45.3 Å². The molecule has 1 heterocycles. The number of hydrogen-bond acceptors (Lipinski definition) is 6. The number of amides is 2. The lowest BCUT2D eigenvalue weighted by atomic mass is 9.95. The van der Waals surface area contributed by atoms with Crippen molar-refractivity contribution in [3.8, 4) is 0 Å². The van der Waals surface area contributed by atoms with Gasteiger partial charge in [-0.2, -0.15) is 21.6 Å². The molecule has 0 aromatic heterocycles. The Balaban J connectivity index is 2.18. The molecule has 0 atom stereocenters. The van der Waals surface area contributed by atoms with E-state index in [-0.39, 0.29) is 16.5 Å². The van der Waals surface area contributed by atoms with Gasteiger partial charge in [-0.15, -0.1) is 22.0 Å². The Labute approximate surface area is 138 Å². The van der Waals surface area contributed by atoms with E-state index in [2.05, 4.69) is 16.9 Å². The lowest BCUT2D eigenvalue weighted by molar-refractivity contribution is -0.0761. The molecule has 0 fully saturated rings. The molecular formula is C13H6F3NO5S2. The molecule has 0 N–H and O–H groups in total. The fourth-order valence-electron chi connectivity index (χ4n) is 2.27. The van der Waals surface area contributed by atoms with Crippen LogP contribution in [0, 0.1) is 0 Å². The van der Waals surface area contributed by atoms with Crippen molar-refractivity contribution in [1.29, 1.82) is 0 Å². The molecule has 1 aliphatic rings. The molecule has 0 saturated heterocycles. The van der Waals surface area contributed by atoms with Crippen molar-refractivity contribution in [3.05, 3.63) is 41.5 Å². The number of alkyl halides is 3. The Hall–Kier alpha value is -2.11. The number of benzene rings is 2. The van der Waals surface area contributed by atoms with E-state index in [9.17, 15) is 31.2 Å². The number of halogens is 3. The van der Waals surface area contributed by atoms with Gasteiger partial charge < -0.3 is 0 Å². The highest BCUT2D eigenvalue weighted by atomic mass is 32.2. The number of carbonyl (C=O) groups is 2. The van der Waals surface area contributed by atoms with Gasteiger partial charge in [0, 0.05) is 10.3 Å². The third-order valence-electron chi connectivity index (χ3n) is 3.30. The van der Waals surface area contributed by atoms with Crippen LogP contribution in [-0.4, -0.2) is 30.8 Å². The molecule has 2 amide bonds. The van der Waals surface area contributed by atoms with Crippen LogP contribution in [0.15, 0.2) is 35.2 Å². The van der Waals surface area contributed by atoms with Gasteiger partial charge in [-0.3, -0.25) is 9.59 Å². The first-order chi connectivity index (χ1) is 11.0. The van der Waals surface area contributed by atoms with Crippen LogP contribution in [0.4, 0.5) is 13.2 Å². The maximum Gasteiger partial charge on any atom is 0.525 e. The zero-order chi connectivity index (χ0) is 17.9. The monoisotopic (exact) mass is 377 g/mol. The Morgan fingerprint density at radius 1 is 1.00 bits per heavy atom. The van der Waals surface area contributed by atoms with Gasteiger partial charge in [-0.05, 0) is 23.6 Å². The molecule has 24 heavy (non-hydrogen) atoms. The average Bonchev–Trinajstić information content (AvgIpc) is 2.49. The normalized spacial score (nSPS) is 15.2. The van der Waals surface area contributed by atoms with Crippen LogP contribution in [0.2, 0.25) is 0 Å². The van der Waals surface area contributed by atoms with Crippen LogP contribution in [-0.2, 0) is 14.4 Å². The number of rotatable bonds is 2. The third kappa shape index (κ3) is 2.36. The molecule has 2 aromatic rings. The van der Waals surface area contributed by atoms with Gasteiger partial charge in [0.25, 0.3) is 11.8 Å². The molecule has 126 valence electrons. The summed E-state index contributed by atoms with van der Waals surface area (Å²) in [7, 11) is -6.17. The second-order valence-electron chi connectivity index (χ2n) is 4.74. The van der Waals surface area contributed by atoms with Crippen molar-refractivity contribution in [1.82, 2.24) is 5.06 Å². The van der Waals surface area contributed by atoms with E-state index in [0.717, 1.165) is 0 Å². The summed E-state index contributed by atoms with van der Waals surface area (Å²) < 4.78 is 63.3. The van der Waals surface area contributed by atoms with Crippen LogP contribution < -0.4 is 0 Å². The quantitative estimate of drug-likeness (QED) is 0.494. The molecule has 0 aliphatic carbocycles. The van der Waals surface area contributed by atoms with Crippen LogP contribution in [0.25, 0.3) is 10.8 Å². The SMILES string of the molecule is O=C1c2cccc3c(S)ccc(c23)C(=O)N1OS(=O)(=O)C(F)(F)F. The van der Waals surface area contributed by atoms with Crippen LogP contribution in [0.3, 0.4) is 0 Å². The lowest BCUT2D eigenvalue weighted by Gasteiger charge is -2.25. The van der Waals surface area contributed by atoms with Crippen LogP contribution in [0.1, 0.15) is 20.7 Å². The molecule has 3 rings (SSSR count). The van der Waals surface area contributed by atoms with Crippen molar-refractivity contribution in [3.63, 3.8) is 0 Å². The standard InChI is InChI=1S/C13H6F3NO5S2/c14-13(15,16)24(20,21)22-17-11(18)7-3-1-2-6-9(23)5-4-8(10(6)7)12(17)19/h1-5,23H.